The van der Waals surface area contributed by atoms with Crippen molar-refractivity contribution in [1.29, 1.82) is 0 Å². The topological polar surface area (TPSA) is 117 Å². The summed E-state index contributed by atoms with van der Waals surface area (Å²) in [6.45, 7) is 2.12. The van der Waals surface area contributed by atoms with Crippen molar-refractivity contribution in [2.24, 2.45) is 5.84 Å². The summed E-state index contributed by atoms with van der Waals surface area (Å²) in [5.41, 5.74) is 2.42. The van der Waals surface area contributed by atoms with Gasteiger partial charge in [0, 0.05) is 32.9 Å². The number of nitrogens with one attached hydrogen (secondary N) is 1. The summed E-state index contributed by atoms with van der Waals surface area (Å²) < 4.78 is 22.5. The largest absolute Gasteiger partial charge is 0.343 e. The third kappa shape index (κ3) is 4.39. The molecule has 0 atom stereocenters. The van der Waals surface area contributed by atoms with E-state index in [9.17, 15) is 8.42 Å². The molecule has 0 aromatic carbocycles. The lowest BCUT2D eigenvalue weighted by Gasteiger charge is -2.20. The summed E-state index contributed by atoms with van der Waals surface area (Å²) in [4.78, 5) is 16.6. The molecule has 0 saturated carbocycles. The van der Waals surface area contributed by atoms with Gasteiger partial charge in [0.25, 0.3) is 0 Å². The van der Waals surface area contributed by atoms with Crippen molar-refractivity contribution < 1.29 is 8.42 Å². The Hall–Kier alpha value is -1.68. The minimum absolute atomic E-state index is 0.0413. The van der Waals surface area contributed by atoms with E-state index in [0.717, 1.165) is 25.9 Å². The lowest BCUT2D eigenvalue weighted by Crippen LogP contribution is -2.29. The summed E-state index contributed by atoms with van der Waals surface area (Å²) in [7, 11) is -1.29. The molecule has 1 aliphatic heterocycles. The Kier molecular flexibility index (Phi) is 4.78. The maximum atomic E-state index is 11.2. The molecule has 0 radical (unpaired) electrons. The van der Waals surface area contributed by atoms with Crippen molar-refractivity contribution in [2.75, 3.05) is 53.9 Å². The third-order valence-electron chi connectivity index (χ3n) is 3.27. The van der Waals surface area contributed by atoms with E-state index in [1.54, 1.807) is 11.9 Å². The van der Waals surface area contributed by atoms with Crippen LogP contribution < -0.4 is 21.1 Å². The minimum atomic E-state index is -3.03. The van der Waals surface area contributed by atoms with Gasteiger partial charge in [-0.2, -0.15) is 15.0 Å². The average Bonchev–Trinajstić information content (AvgIpc) is 2.97. The molecule has 118 valence electrons. The summed E-state index contributed by atoms with van der Waals surface area (Å²) >= 11 is 0. The first-order valence-electron chi connectivity index (χ1n) is 6.75. The van der Waals surface area contributed by atoms with Gasteiger partial charge in [-0.3, -0.25) is 5.43 Å². The van der Waals surface area contributed by atoms with Crippen LogP contribution in [0, 0.1) is 0 Å². The van der Waals surface area contributed by atoms with Crippen molar-refractivity contribution in [2.45, 2.75) is 12.8 Å². The van der Waals surface area contributed by atoms with E-state index < -0.39 is 9.84 Å². The molecule has 21 heavy (non-hydrogen) atoms. The number of anilines is 3. The third-order valence-corrected chi connectivity index (χ3v) is 4.19. The van der Waals surface area contributed by atoms with E-state index in [2.05, 4.69) is 25.3 Å². The van der Waals surface area contributed by atoms with Crippen LogP contribution in [0.2, 0.25) is 0 Å². The second-order valence-corrected chi connectivity index (χ2v) is 7.41. The number of sulfone groups is 1. The Morgan fingerprint density at radius 1 is 1.29 bits per heavy atom. The smallest absolute Gasteiger partial charge is 0.243 e. The van der Waals surface area contributed by atoms with Gasteiger partial charge < -0.3 is 9.80 Å². The number of nitrogen functional groups attached to an aromatic ring is 1. The van der Waals surface area contributed by atoms with Gasteiger partial charge >= 0.3 is 0 Å². The SMILES string of the molecule is CN(CCS(C)(=O)=O)c1nc(NN)nc(N2CCCC2)n1. The summed E-state index contributed by atoms with van der Waals surface area (Å²) in [6, 6.07) is 0. The quantitative estimate of drug-likeness (QED) is 0.516. The molecule has 2 heterocycles. The van der Waals surface area contributed by atoms with Gasteiger partial charge in [-0.1, -0.05) is 0 Å². The zero-order valence-corrected chi connectivity index (χ0v) is 13.1. The number of rotatable bonds is 6. The van der Waals surface area contributed by atoms with E-state index in [4.69, 9.17) is 5.84 Å². The fraction of sp³-hybridized carbons (Fsp3) is 0.727. The van der Waals surface area contributed by atoms with Gasteiger partial charge in [-0.15, -0.1) is 0 Å². The molecule has 0 spiro atoms. The maximum absolute atomic E-state index is 11.2. The van der Waals surface area contributed by atoms with Crippen LogP contribution in [0.4, 0.5) is 17.8 Å². The van der Waals surface area contributed by atoms with Gasteiger partial charge in [-0.05, 0) is 12.8 Å². The van der Waals surface area contributed by atoms with Crippen LogP contribution in [0.1, 0.15) is 12.8 Å². The molecule has 0 amide bonds. The van der Waals surface area contributed by atoms with Crippen molar-refractivity contribution in [3.63, 3.8) is 0 Å². The zero-order valence-electron chi connectivity index (χ0n) is 12.3. The van der Waals surface area contributed by atoms with Crippen molar-refractivity contribution in [1.82, 2.24) is 15.0 Å². The lowest BCUT2D eigenvalue weighted by atomic mass is 10.4. The summed E-state index contributed by atoms with van der Waals surface area (Å²) in [6.07, 6.45) is 3.42. The molecule has 1 aromatic heterocycles. The van der Waals surface area contributed by atoms with Gasteiger partial charge in [0.15, 0.2) is 0 Å². The molecule has 0 unspecified atom stereocenters. The van der Waals surface area contributed by atoms with Gasteiger partial charge in [0.1, 0.15) is 9.84 Å². The van der Waals surface area contributed by atoms with Crippen LogP contribution in [0.25, 0.3) is 0 Å². The Labute approximate surface area is 124 Å². The molecular weight excluding hydrogens is 294 g/mol. The number of nitrogens with two attached hydrogens (primary N) is 1. The Morgan fingerprint density at radius 2 is 1.95 bits per heavy atom. The molecule has 2 rings (SSSR count). The molecule has 9 nitrogen and oxygen atoms in total. The van der Waals surface area contributed by atoms with Crippen molar-refractivity contribution in [3.8, 4) is 0 Å². The highest BCUT2D eigenvalue weighted by Crippen LogP contribution is 2.19. The van der Waals surface area contributed by atoms with Crippen LogP contribution in [0.5, 0.6) is 0 Å². The van der Waals surface area contributed by atoms with E-state index in [-0.39, 0.29) is 11.7 Å². The van der Waals surface area contributed by atoms with Crippen LogP contribution in [-0.2, 0) is 9.84 Å². The number of hydrazine groups is 1. The van der Waals surface area contributed by atoms with E-state index in [0.29, 0.717) is 18.4 Å². The average molecular weight is 315 g/mol. The fourth-order valence-corrected chi connectivity index (χ4v) is 2.66. The maximum Gasteiger partial charge on any atom is 0.243 e. The number of aromatic nitrogens is 3. The first kappa shape index (κ1) is 15.7. The standard InChI is InChI=1S/C11H21N7O2S/c1-17(7-8-21(2,19)20)10-13-9(16-12)14-11(15-10)18-5-3-4-6-18/h3-8,12H2,1-2H3,(H,13,14,15,16). The van der Waals surface area contributed by atoms with Gasteiger partial charge in [-0.25, -0.2) is 14.3 Å². The first-order chi connectivity index (χ1) is 9.89. The molecule has 0 aliphatic carbocycles. The molecular formula is C11H21N7O2S. The summed E-state index contributed by atoms with van der Waals surface area (Å²) in [5.74, 6) is 6.68. The Morgan fingerprint density at radius 3 is 2.52 bits per heavy atom. The van der Waals surface area contributed by atoms with Gasteiger partial charge in [0.05, 0.1) is 5.75 Å². The molecule has 0 bridgehead atoms. The molecule has 1 fully saturated rings. The molecule has 1 aliphatic rings. The Bertz CT molecular complexity index is 586. The molecule has 1 saturated heterocycles. The molecule has 10 heteroatoms. The second-order valence-electron chi connectivity index (χ2n) is 5.15. The highest BCUT2D eigenvalue weighted by atomic mass is 32.2. The van der Waals surface area contributed by atoms with Crippen molar-refractivity contribution in [3.05, 3.63) is 0 Å². The molecule has 3 N–H and O–H groups in total. The first-order valence-corrected chi connectivity index (χ1v) is 8.81. The van der Waals surface area contributed by atoms with Crippen LogP contribution >= 0.6 is 0 Å². The zero-order chi connectivity index (χ0) is 15.5. The van der Waals surface area contributed by atoms with Crippen molar-refractivity contribution >= 4 is 27.7 Å². The molecule has 1 aromatic rings. The predicted octanol–water partition coefficient (Wildman–Crippen LogP) is -0.762. The lowest BCUT2D eigenvalue weighted by molar-refractivity contribution is 0.600. The van der Waals surface area contributed by atoms with E-state index in [1.807, 2.05) is 0 Å². The number of hydrogen-bond acceptors (Lipinski definition) is 9. The van der Waals surface area contributed by atoms with Gasteiger partial charge in [0.2, 0.25) is 17.8 Å². The van der Waals surface area contributed by atoms with Crippen LogP contribution in [0.3, 0.4) is 0 Å². The number of nitrogens with zero attached hydrogens (tertiary/aromatic N) is 5. The van der Waals surface area contributed by atoms with E-state index in [1.165, 1.54) is 6.26 Å². The second kappa shape index (κ2) is 6.39. The Balaban J connectivity index is 2.19. The minimum Gasteiger partial charge on any atom is -0.343 e. The van der Waals surface area contributed by atoms with Crippen LogP contribution in [0.15, 0.2) is 0 Å². The highest BCUT2D eigenvalue weighted by molar-refractivity contribution is 7.90. The number of hydrogen-bond donors (Lipinski definition) is 2. The van der Waals surface area contributed by atoms with E-state index >= 15 is 0 Å². The monoisotopic (exact) mass is 315 g/mol. The predicted molar refractivity (Wildman–Crippen MR) is 82.1 cm³/mol. The summed E-state index contributed by atoms with van der Waals surface area (Å²) in [5, 5.41) is 0. The fourth-order valence-electron chi connectivity index (χ4n) is 2.05. The highest BCUT2D eigenvalue weighted by Gasteiger charge is 2.18. The normalized spacial score (nSPS) is 15.3. The van der Waals surface area contributed by atoms with Crippen LogP contribution in [-0.4, -0.2) is 62.1 Å².